The van der Waals surface area contributed by atoms with Crippen LogP contribution in [-0.4, -0.2) is 30.1 Å². The molecule has 2 N–H and O–H groups in total. The number of aromatic amines is 1. The van der Waals surface area contributed by atoms with Crippen LogP contribution in [0.1, 0.15) is 17.2 Å². The maximum absolute atomic E-state index is 5.85. The van der Waals surface area contributed by atoms with Crippen molar-refractivity contribution in [2.45, 2.75) is 20.5 Å². The third kappa shape index (κ3) is 3.44. The minimum Gasteiger partial charge on any atom is -0.483 e. The zero-order valence-electron chi connectivity index (χ0n) is 14.4. The predicted molar refractivity (Wildman–Crippen MR) is 97.2 cm³/mol. The Balaban J connectivity index is 1.46. The first-order valence-corrected chi connectivity index (χ1v) is 8.14. The number of hydrogen-bond donors (Lipinski definition) is 2. The van der Waals surface area contributed by atoms with Crippen molar-refractivity contribution < 1.29 is 4.74 Å². The average Bonchev–Trinajstić information content (AvgIpc) is 3.06. The standard InChI is InChI=1S/C18H17N7O/c1-11-9-12(2)21-17(20-11)23-18-22-15(24-25-18)10-26-14-7-3-5-13-6-4-8-19-16(13)14/h3-9H,10H2,1-2H3,(H2,20,21,22,23,24,25). The van der Waals surface area contributed by atoms with Crippen molar-refractivity contribution >= 4 is 22.8 Å². The summed E-state index contributed by atoms with van der Waals surface area (Å²) in [5.41, 5.74) is 2.57. The highest BCUT2D eigenvalue weighted by atomic mass is 16.5. The number of aryl methyl sites for hydroxylation is 2. The fraction of sp³-hybridized carbons (Fsp3) is 0.167. The number of ether oxygens (including phenoxy) is 1. The number of fused-ring (bicyclic) bond motifs is 1. The first-order chi connectivity index (χ1) is 12.7. The molecule has 4 rings (SSSR count). The van der Waals surface area contributed by atoms with Gasteiger partial charge in [-0.05, 0) is 32.0 Å². The van der Waals surface area contributed by atoms with E-state index >= 15 is 0 Å². The van der Waals surface area contributed by atoms with E-state index in [1.54, 1.807) is 6.20 Å². The van der Waals surface area contributed by atoms with Gasteiger partial charge in [0.25, 0.3) is 0 Å². The van der Waals surface area contributed by atoms with Crippen molar-refractivity contribution in [1.82, 2.24) is 30.1 Å². The fourth-order valence-corrected chi connectivity index (χ4v) is 2.64. The smallest absolute Gasteiger partial charge is 0.249 e. The second-order valence-electron chi connectivity index (χ2n) is 5.82. The van der Waals surface area contributed by atoms with E-state index in [1.807, 2.05) is 50.2 Å². The van der Waals surface area contributed by atoms with Crippen LogP contribution in [0.15, 0.2) is 42.6 Å². The van der Waals surface area contributed by atoms with Crippen LogP contribution in [0.5, 0.6) is 5.75 Å². The Morgan fingerprint density at radius 3 is 2.65 bits per heavy atom. The van der Waals surface area contributed by atoms with E-state index in [4.69, 9.17) is 4.74 Å². The molecule has 8 nitrogen and oxygen atoms in total. The number of para-hydroxylation sites is 1. The monoisotopic (exact) mass is 347 g/mol. The zero-order valence-corrected chi connectivity index (χ0v) is 14.4. The van der Waals surface area contributed by atoms with Crippen LogP contribution in [0.2, 0.25) is 0 Å². The van der Waals surface area contributed by atoms with Gasteiger partial charge >= 0.3 is 0 Å². The quantitative estimate of drug-likeness (QED) is 0.572. The molecule has 0 bridgehead atoms. The SMILES string of the molecule is Cc1cc(C)nc(Nc2n[nH]c(COc3cccc4cccnc34)n2)n1. The summed E-state index contributed by atoms with van der Waals surface area (Å²) in [4.78, 5) is 17.3. The highest BCUT2D eigenvalue weighted by Gasteiger charge is 2.08. The molecular weight excluding hydrogens is 330 g/mol. The molecule has 0 unspecified atom stereocenters. The number of nitrogens with zero attached hydrogens (tertiary/aromatic N) is 5. The van der Waals surface area contributed by atoms with Crippen LogP contribution in [-0.2, 0) is 6.61 Å². The van der Waals surface area contributed by atoms with Crippen molar-refractivity contribution in [3.05, 3.63) is 59.8 Å². The van der Waals surface area contributed by atoms with E-state index < -0.39 is 0 Å². The van der Waals surface area contributed by atoms with Crippen molar-refractivity contribution in [2.75, 3.05) is 5.32 Å². The van der Waals surface area contributed by atoms with Crippen LogP contribution < -0.4 is 10.1 Å². The van der Waals surface area contributed by atoms with E-state index in [-0.39, 0.29) is 6.61 Å². The van der Waals surface area contributed by atoms with Gasteiger partial charge in [-0.3, -0.25) is 15.4 Å². The maximum atomic E-state index is 5.85. The molecule has 1 aromatic carbocycles. The summed E-state index contributed by atoms with van der Waals surface area (Å²) < 4.78 is 5.85. The summed E-state index contributed by atoms with van der Waals surface area (Å²) in [5.74, 6) is 2.15. The molecule has 3 heterocycles. The zero-order chi connectivity index (χ0) is 17.9. The van der Waals surface area contributed by atoms with Crippen LogP contribution >= 0.6 is 0 Å². The van der Waals surface area contributed by atoms with Crippen LogP contribution in [0.3, 0.4) is 0 Å². The first-order valence-electron chi connectivity index (χ1n) is 8.14. The normalized spacial score (nSPS) is 10.8. The molecule has 4 aromatic rings. The van der Waals surface area contributed by atoms with Crippen LogP contribution in [0.25, 0.3) is 10.9 Å². The van der Waals surface area contributed by atoms with E-state index in [0.29, 0.717) is 23.5 Å². The second kappa shape index (κ2) is 6.75. The van der Waals surface area contributed by atoms with Gasteiger partial charge in [-0.15, -0.1) is 5.10 Å². The summed E-state index contributed by atoms with van der Waals surface area (Å²) in [5, 5.41) is 11.0. The molecule has 0 aliphatic heterocycles. The number of hydrogen-bond acceptors (Lipinski definition) is 7. The predicted octanol–water partition coefficient (Wildman–Crippen LogP) is 3.08. The van der Waals surface area contributed by atoms with E-state index in [1.165, 1.54) is 0 Å². The van der Waals surface area contributed by atoms with E-state index in [0.717, 1.165) is 22.3 Å². The van der Waals surface area contributed by atoms with E-state index in [9.17, 15) is 0 Å². The second-order valence-corrected chi connectivity index (χ2v) is 5.82. The number of benzene rings is 1. The van der Waals surface area contributed by atoms with Gasteiger partial charge in [0.1, 0.15) is 17.9 Å². The van der Waals surface area contributed by atoms with Gasteiger partial charge in [0.05, 0.1) is 0 Å². The van der Waals surface area contributed by atoms with Crippen LogP contribution in [0.4, 0.5) is 11.9 Å². The number of anilines is 2. The third-order valence-corrected chi connectivity index (χ3v) is 3.70. The lowest BCUT2D eigenvalue weighted by Crippen LogP contribution is -2.01. The topological polar surface area (TPSA) is 102 Å². The number of aromatic nitrogens is 6. The highest BCUT2D eigenvalue weighted by molar-refractivity contribution is 5.84. The summed E-state index contributed by atoms with van der Waals surface area (Å²) in [6.45, 7) is 4.07. The Labute approximate surface area is 149 Å². The lowest BCUT2D eigenvalue weighted by atomic mass is 10.2. The van der Waals surface area contributed by atoms with Gasteiger partial charge in [-0.2, -0.15) is 4.98 Å². The number of nitrogens with one attached hydrogen (secondary N) is 2. The molecule has 0 spiro atoms. The van der Waals surface area contributed by atoms with Crippen molar-refractivity contribution in [2.24, 2.45) is 0 Å². The fourth-order valence-electron chi connectivity index (χ4n) is 2.64. The largest absolute Gasteiger partial charge is 0.483 e. The molecule has 26 heavy (non-hydrogen) atoms. The molecule has 0 fully saturated rings. The average molecular weight is 347 g/mol. The lowest BCUT2D eigenvalue weighted by molar-refractivity contribution is 0.299. The Kier molecular flexibility index (Phi) is 4.14. The summed E-state index contributed by atoms with van der Waals surface area (Å²) in [6, 6.07) is 11.6. The van der Waals surface area contributed by atoms with Gasteiger partial charge in [0.2, 0.25) is 11.9 Å². The molecule has 0 saturated heterocycles. The van der Waals surface area contributed by atoms with Gasteiger partial charge in [0.15, 0.2) is 5.82 Å². The van der Waals surface area contributed by atoms with Gasteiger partial charge in [0, 0.05) is 23.0 Å². The third-order valence-electron chi connectivity index (χ3n) is 3.70. The molecule has 130 valence electrons. The highest BCUT2D eigenvalue weighted by Crippen LogP contribution is 2.23. The molecule has 0 amide bonds. The minimum absolute atomic E-state index is 0.248. The minimum atomic E-state index is 0.248. The molecule has 0 aliphatic carbocycles. The van der Waals surface area contributed by atoms with Crippen molar-refractivity contribution in [1.29, 1.82) is 0 Å². The summed E-state index contributed by atoms with van der Waals surface area (Å²) in [7, 11) is 0. The Morgan fingerprint density at radius 1 is 1.00 bits per heavy atom. The van der Waals surface area contributed by atoms with Gasteiger partial charge < -0.3 is 4.74 Å². The number of pyridine rings is 1. The Bertz CT molecular complexity index is 1030. The number of rotatable bonds is 5. The van der Waals surface area contributed by atoms with Crippen molar-refractivity contribution in [3.8, 4) is 5.75 Å². The van der Waals surface area contributed by atoms with Crippen LogP contribution in [0, 0.1) is 13.8 Å². The maximum Gasteiger partial charge on any atom is 0.249 e. The Hall–Kier alpha value is -3.55. The number of H-pyrrole nitrogens is 1. The molecule has 0 radical (unpaired) electrons. The molecule has 3 aromatic heterocycles. The Morgan fingerprint density at radius 2 is 1.81 bits per heavy atom. The lowest BCUT2D eigenvalue weighted by Gasteiger charge is -2.06. The first kappa shape index (κ1) is 15.9. The molecular formula is C18H17N7O. The van der Waals surface area contributed by atoms with E-state index in [2.05, 4.69) is 35.5 Å². The summed E-state index contributed by atoms with van der Waals surface area (Å²) in [6.07, 6.45) is 1.75. The molecule has 0 aliphatic rings. The van der Waals surface area contributed by atoms with Gasteiger partial charge in [-0.1, -0.05) is 18.2 Å². The summed E-state index contributed by atoms with van der Waals surface area (Å²) >= 11 is 0. The van der Waals surface area contributed by atoms with Gasteiger partial charge in [-0.25, -0.2) is 9.97 Å². The molecule has 0 atom stereocenters. The molecule has 8 heteroatoms. The molecule has 0 saturated carbocycles. The van der Waals surface area contributed by atoms with Crippen molar-refractivity contribution in [3.63, 3.8) is 0 Å².